The van der Waals surface area contributed by atoms with Gasteiger partial charge < -0.3 is 4.74 Å². The van der Waals surface area contributed by atoms with E-state index >= 15 is 0 Å². The van der Waals surface area contributed by atoms with Gasteiger partial charge in [0.25, 0.3) is 0 Å². The van der Waals surface area contributed by atoms with Gasteiger partial charge in [-0.25, -0.2) is 9.71 Å². The summed E-state index contributed by atoms with van der Waals surface area (Å²) in [6, 6.07) is 5.24. The van der Waals surface area contributed by atoms with E-state index in [0.29, 0.717) is 6.61 Å². The van der Waals surface area contributed by atoms with Crippen molar-refractivity contribution in [3.63, 3.8) is 0 Å². The fourth-order valence-electron chi connectivity index (χ4n) is 2.64. The maximum Gasteiger partial charge on any atom is 0.129 e. The van der Waals surface area contributed by atoms with Crippen molar-refractivity contribution in [3.8, 4) is 0 Å². The lowest BCUT2D eigenvalue weighted by Gasteiger charge is -2.33. The van der Waals surface area contributed by atoms with Gasteiger partial charge in [-0.3, -0.25) is 0 Å². The molecule has 0 bridgehead atoms. The third-order valence-corrected chi connectivity index (χ3v) is 3.41. The fraction of sp³-hybridized carbons (Fsp3) is 0.500. The number of ether oxygens (including phenoxy) is 1. The predicted molar refractivity (Wildman–Crippen MR) is 54.0 cm³/mol. The minimum absolute atomic E-state index is 0.119. The van der Waals surface area contributed by atoms with Crippen molar-refractivity contribution in [2.75, 3.05) is 13.1 Å². The molecule has 1 aromatic carbocycles. The highest BCUT2D eigenvalue weighted by Gasteiger charge is 2.43. The van der Waals surface area contributed by atoms with Gasteiger partial charge in [-0.15, -0.1) is 0 Å². The van der Waals surface area contributed by atoms with Crippen LogP contribution in [0.3, 0.4) is 0 Å². The van der Waals surface area contributed by atoms with E-state index in [-0.39, 0.29) is 11.4 Å². The summed E-state index contributed by atoms with van der Waals surface area (Å²) in [5.41, 5.74) is 1.43. The molecule has 2 aliphatic rings. The van der Waals surface area contributed by atoms with Gasteiger partial charge in [-0.2, -0.15) is 0 Å². The molecule has 79 valence electrons. The van der Waals surface area contributed by atoms with E-state index in [9.17, 15) is 4.39 Å². The minimum atomic E-state index is -0.373. The third-order valence-electron chi connectivity index (χ3n) is 3.41. The molecule has 0 N–H and O–H groups in total. The average Bonchev–Trinajstić information content (AvgIpc) is 2.60. The lowest BCUT2D eigenvalue weighted by atomic mass is 9.84. The van der Waals surface area contributed by atoms with Crippen molar-refractivity contribution < 1.29 is 9.13 Å². The molecule has 1 spiro atoms. The van der Waals surface area contributed by atoms with Gasteiger partial charge in [0.05, 0.1) is 12.2 Å². The van der Waals surface area contributed by atoms with E-state index in [1.165, 1.54) is 6.07 Å². The molecule has 0 atom stereocenters. The largest absolute Gasteiger partial charge is 0.365 e. The van der Waals surface area contributed by atoms with Crippen molar-refractivity contribution in [3.05, 3.63) is 35.1 Å². The van der Waals surface area contributed by atoms with Crippen molar-refractivity contribution in [2.45, 2.75) is 25.0 Å². The van der Waals surface area contributed by atoms with E-state index in [4.69, 9.17) is 4.74 Å². The van der Waals surface area contributed by atoms with Crippen LogP contribution in [0.25, 0.3) is 0 Å². The van der Waals surface area contributed by atoms with Crippen LogP contribution in [0.2, 0.25) is 0 Å². The van der Waals surface area contributed by atoms with Crippen LogP contribution in [0.1, 0.15) is 24.0 Å². The smallest absolute Gasteiger partial charge is 0.129 e. The Balaban J connectivity index is 2.09. The molecule has 3 rings (SSSR count). The molecule has 0 unspecified atom stereocenters. The number of halogens is 1. The first-order valence-electron chi connectivity index (χ1n) is 5.37. The highest BCUT2D eigenvalue weighted by molar-refractivity contribution is 5.37. The number of fused-ring (bicyclic) bond motifs is 2. The Labute approximate surface area is 88.4 Å². The third kappa shape index (κ3) is 1.30. The first-order chi connectivity index (χ1) is 7.32. The lowest BCUT2D eigenvalue weighted by molar-refractivity contribution is -0.0611. The molecule has 0 saturated carbocycles. The minimum Gasteiger partial charge on any atom is -0.365 e. The van der Waals surface area contributed by atoms with Gasteiger partial charge >= 0.3 is 0 Å². The molecule has 2 aliphatic heterocycles. The maximum atomic E-state index is 13.8. The number of nitrogens with zero attached hydrogens (tertiary/aromatic N) is 1. The van der Waals surface area contributed by atoms with E-state index in [0.717, 1.165) is 37.1 Å². The average molecular weight is 206 g/mol. The first-order valence-corrected chi connectivity index (χ1v) is 5.37. The number of hydrogen-bond acceptors (Lipinski definition) is 1. The lowest BCUT2D eigenvalue weighted by Crippen LogP contribution is -2.37. The van der Waals surface area contributed by atoms with Crippen LogP contribution in [0.4, 0.5) is 4.39 Å². The van der Waals surface area contributed by atoms with Crippen LogP contribution in [-0.2, 0) is 16.9 Å². The Hall–Kier alpha value is -0.930. The van der Waals surface area contributed by atoms with E-state index in [1.54, 1.807) is 6.07 Å². The summed E-state index contributed by atoms with van der Waals surface area (Å²) in [4.78, 5) is 0. The van der Waals surface area contributed by atoms with Crippen LogP contribution in [0.5, 0.6) is 0 Å². The molecule has 1 saturated heterocycles. The van der Waals surface area contributed by atoms with Crippen LogP contribution >= 0.6 is 0 Å². The van der Waals surface area contributed by atoms with E-state index in [1.807, 2.05) is 6.07 Å². The van der Waals surface area contributed by atoms with Gasteiger partial charge in [0.15, 0.2) is 0 Å². The van der Waals surface area contributed by atoms with Crippen LogP contribution in [-0.4, -0.2) is 13.1 Å². The van der Waals surface area contributed by atoms with E-state index in [2.05, 4.69) is 5.32 Å². The van der Waals surface area contributed by atoms with Gasteiger partial charge in [0.2, 0.25) is 0 Å². The molecule has 15 heavy (non-hydrogen) atoms. The molecule has 2 nitrogen and oxygen atoms in total. The second-order valence-corrected chi connectivity index (χ2v) is 4.23. The quantitative estimate of drug-likeness (QED) is 0.636. The Morgan fingerprint density at radius 3 is 2.87 bits per heavy atom. The fourth-order valence-corrected chi connectivity index (χ4v) is 2.64. The number of piperidine rings is 1. The molecule has 1 fully saturated rings. The molecule has 0 amide bonds. The Morgan fingerprint density at radius 2 is 2.07 bits per heavy atom. The van der Waals surface area contributed by atoms with Crippen molar-refractivity contribution in [1.82, 2.24) is 5.32 Å². The van der Waals surface area contributed by atoms with Gasteiger partial charge in [-0.1, -0.05) is 12.1 Å². The summed E-state index contributed by atoms with van der Waals surface area (Å²) in [7, 11) is 0. The van der Waals surface area contributed by atoms with E-state index < -0.39 is 0 Å². The standard InChI is InChI=1S/C12H13FNO/c13-10-3-1-2-9-8-15-12(11(9)10)4-6-14-7-5-12/h1-3H,4-8H2. The first kappa shape index (κ1) is 9.31. The summed E-state index contributed by atoms with van der Waals surface area (Å²) < 4.78 is 19.6. The highest BCUT2D eigenvalue weighted by atomic mass is 19.1. The second kappa shape index (κ2) is 3.29. The normalized spacial score (nSPS) is 23.0. The number of hydrogen-bond donors (Lipinski definition) is 0. The number of benzene rings is 1. The van der Waals surface area contributed by atoms with Crippen molar-refractivity contribution >= 4 is 0 Å². The van der Waals surface area contributed by atoms with Crippen LogP contribution in [0, 0.1) is 5.82 Å². The summed E-state index contributed by atoms with van der Waals surface area (Å²) in [5, 5.41) is 4.30. The molecule has 0 aliphatic carbocycles. The van der Waals surface area contributed by atoms with Crippen LogP contribution < -0.4 is 5.32 Å². The van der Waals surface area contributed by atoms with Gasteiger partial charge in [-0.05, 0) is 24.5 Å². The zero-order chi connectivity index (χ0) is 10.3. The highest BCUT2D eigenvalue weighted by Crippen LogP contribution is 2.44. The molecular weight excluding hydrogens is 193 g/mol. The Bertz CT molecular complexity index is 380. The monoisotopic (exact) mass is 206 g/mol. The summed E-state index contributed by atoms with van der Waals surface area (Å²) >= 11 is 0. The summed E-state index contributed by atoms with van der Waals surface area (Å²) in [6.07, 6.45) is 1.64. The molecule has 2 heterocycles. The maximum absolute atomic E-state index is 13.8. The predicted octanol–water partition coefficient (Wildman–Crippen LogP) is 1.95. The zero-order valence-corrected chi connectivity index (χ0v) is 8.50. The number of rotatable bonds is 0. The summed E-state index contributed by atoms with van der Waals surface area (Å²) in [6.45, 7) is 2.12. The van der Waals surface area contributed by atoms with Crippen molar-refractivity contribution in [2.24, 2.45) is 0 Å². The topological polar surface area (TPSA) is 23.3 Å². The molecular formula is C12H13FNO. The molecule has 1 aromatic rings. The SMILES string of the molecule is Fc1cccc2c1C1(CC[N]CC1)OC2. The Morgan fingerprint density at radius 1 is 1.27 bits per heavy atom. The molecule has 0 aromatic heterocycles. The van der Waals surface area contributed by atoms with Gasteiger partial charge in [0, 0.05) is 18.7 Å². The molecule has 1 radical (unpaired) electrons. The summed E-state index contributed by atoms with van der Waals surface area (Å²) in [5.74, 6) is -0.119. The van der Waals surface area contributed by atoms with Crippen LogP contribution in [0.15, 0.2) is 18.2 Å². The molecule has 3 heteroatoms. The second-order valence-electron chi connectivity index (χ2n) is 4.23. The van der Waals surface area contributed by atoms with Gasteiger partial charge in [0.1, 0.15) is 5.82 Å². The van der Waals surface area contributed by atoms with Crippen molar-refractivity contribution in [1.29, 1.82) is 0 Å². The zero-order valence-electron chi connectivity index (χ0n) is 8.50. The Kier molecular flexibility index (Phi) is 2.04.